The molecule has 2 rings (SSSR count). The maximum Gasteiger partial charge on any atom is 0.407 e. The first-order chi connectivity index (χ1) is 18.8. The van der Waals surface area contributed by atoms with Crippen LogP contribution in [0.5, 0.6) is 0 Å². The summed E-state index contributed by atoms with van der Waals surface area (Å²) in [5.74, 6) is -1.12. The van der Waals surface area contributed by atoms with Gasteiger partial charge in [-0.05, 0) is 63.5 Å². The van der Waals surface area contributed by atoms with E-state index in [0.29, 0.717) is 12.3 Å². The lowest BCUT2D eigenvalue weighted by atomic mass is 9.81. The molecule has 5 atom stereocenters. The second-order valence-corrected chi connectivity index (χ2v) is 12.9. The van der Waals surface area contributed by atoms with Crippen molar-refractivity contribution in [1.82, 2.24) is 10.6 Å². The summed E-state index contributed by atoms with van der Waals surface area (Å²) in [6, 6.07) is 8.35. The number of hydrogen-bond donors (Lipinski definition) is 4. The fourth-order valence-corrected chi connectivity index (χ4v) is 5.37. The standard InChI is InChI=1S/C32H53N3O5/c1-8-22(4)28(33-24-17-13-10-14-18-24)30(38)35-29(37)25(21(2)3)20-27(36)26(19-23-15-11-9-12-16-23)34-31(39)40-32(5,6)7/h10,13-14,17-18,21-23,25-28,33,36H,8-9,11-12,15-16,19-20H2,1-7H3,(H,34,39)(H,35,37,38)/t22-,25-,26-,27-,28-/m0/s1. The lowest BCUT2D eigenvalue weighted by Gasteiger charge is -2.33. The van der Waals surface area contributed by atoms with Crippen molar-refractivity contribution >= 4 is 23.6 Å². The molecule has 1 aromatic rings. The van der Waals surface area contributed by atoms with Gasteiger partial charge in [-0.1, -0.05) is 84.4 Å². The lowest BCUT2D eigenvalue weighted by Crippen LogP contribution is -2.50. The summed E-state index contributed by atoms with van der Waals surface area (Å²) < 4.78 is 5.48. The van der Waals surface area contributed by atoms with Gasteiger partial charge in [-0.15, -0.1) is 0 Å². The van der Waals surface area contributed by atoms with Gasteiger partial charge in [0.05, 0.1) is 12.1 Å². The molecule has 3 amide bonds. The van der Waals surface area contributed by atoms with Crippen molar-refractivity contribution in [1.29, 1.82) is 0 Å². The zero-order valence-corrected chi connectivity index (χ0v) is 25.7. The highest BCUT2D eigenvalue weighted by Crippen LogP contribution is 2.30. The zero-order chi connectivity index (χ0) is 29.9. The van der Waals surface area contributed by atoms with E-state index in [4.69, 9.17) is 4.74 Å². The molecular weight excluding hydrogens is 506 g/mol. The molecule has 0 aromatic heterocycles. The van der Waals surface area contributed by atoms with Crippen LogP contribution in [0.2, 0.25) is 0 Å². The molecule has 0 radical (unpaired) electrons. The maximum absolute atomic E-state index is 13.4. The van der Waals surface area contributed by atoms with Crippen molar-refractivity contribution in [2.45, 2.75) is 124 Å². The monoisotopic (exact) mass is 559 g/mol. The van der Waals surface area contributed by atoms with Gasteiger partial charge >= 0.3 is 6.09 Å². The number of para-hydroxylation sites is 1. The number of carbonyl (C=O) groups is 3. The molecule has 0 spiro atoms. The molecule has 4 N–H and O–H groups in total. The first kappa shape index (κ1) is 33.6. The molecule has 226 valence electrons. The fourth-order valence-electron chi connectivity index (χ4n) is 5.37. The predicted octanol–water partition coefficient (Wildman–Crippen LogP) is 6.04. The van der Waals surface area contributed by atoms with Gasteiger partial charge in [-0.2, -0.15) is 0 Å². The summed E-state index contributed by atoms with van der Waals surface area (Å²) in [6.45, 7) is 13.2. The molecule has 0 heterocycles. The Morgan fingerprint density at radius 1 is 1.00 bits per heavy atom. The quantitative estimate of drug-likeness (QED) is 0.234. The third-order valence-corrected chi connectivity index (χ3v) is 7.95. The van der Waals surface area contributed by atoms with Crippen LogP contribution in [-0.2, 0) is 14.3 Å². The fraction of sp³-hybridized carbons (Fsp3) is 0.719. The number of alkyl carbamates (subject to hydrolysis) is 1. The number of imide groups is 1. The van der Waals surface area contributed by atoms with Gasteiger partial charge in [0.1, 0.15) is 11.6 Å². The number of carbonyl (C=O) groups excluding carboxylic acids is 3. The molecule has 1 saturated carbocycles. The van der Waals surface area contributed by atoms with Crippen LogP contribution in [0, 0.1) is 23.7 Å². The summed E-state index contributed by atoms with van der Waals surface area (Å²) >= 11 is 0. The number of benzene rings is 1. The Balaban J connectivity index is 2.14. The molecule has 1 aromatic carbocycles. The van der Waals surface area contributed by atoms with E-state index in [1.165, 1.54) is 6.42 Å². The van der Waals surface area contributed by atoms with Crippen molar-refractivity contribution in [3.05, 3.63) is 30.3 Å². The number of nitrogens with one attached hydrogen (secondary N) is 3. The molecular formula is C32H53N3O5. The van der Waals surface area contributed by atoms with Gasteiger partial charge < -0.3 is 20.5 Å². The number of amides is 3. The molecule has 0 aliphatic heterocycles. The second-order valence-electron chi connectivity index (χ2n) is 12.9. The third kappa shape index (κ3) is 11.5. The number of hydrogen-bond acceptors (Lipinski definition) is 6. The minimum absolute atomic E-state index is 0.00556. The van der Waals surface area contributed by atoms with Crippen LogP contribution < -0.4 is 16.0 Å². The molecule has 8 heteroatoms. The van der Waals surface area contributed by atoms with E-state index < -0.39 is 41.7 Å². The Bertz CT molecular complexity index is 924. The highest BCUT2D eigenvalue weighted by atomic mass is 16.6. The number of aliphatic hydroxyl groups excluding tert-OH is 1. The van der Waals surface area contributed by atoms with Gasteiger partial charge in [0, 0.05) is 11.6 Å². The van der Waals surface area contributed by atoms with Crippen LogP contribution in [0.3, 0.4) is 0 Å². The van der Waals surface area contributed by atoms with E-state index in [-0.39, 0.29) is 24.2 Å². The number of aliphatic hydroxyl groups is 1. The van der Waals surface area contributed by atoms with Gasteiger partial charge in [-0.3, -0.25) is 14.9 Å². The normalized spacial score (nSPS) is 18.2. The van der Waals surface area contributed by atoms with Crippen LogP contribution in [0.15, 0.2) is 30.3 Å². The van der Waals surface area contributed by atoms with Crippen molar-refractivity contribution < 1.29 is 24.2 Å². The van der Waals surface area contributed by atoms with Crippen molar-refractivity contribution in [2.24, 2.45) is 23.7 Å². The predicted molar refractivity (Wildman–Crippen MR) is 160 cm³/mol. The Morgan fingerprint density at radius 3 is 2.17 bits per heavy atom. The Labute approximate surface area is 241 Å². The summed E-state index contributed by atoms with van der Waals surface area (Å²) in [7, 11) is 0. The van der Waals surface area contributed by atoms with Gasteiger partial charge in [-0.25, -0.2) is 4.79 Å². The first-order valence-electron chi connectivity index (χ1n) is 15.1. The van der Waals surface area contributed by atoms with Gasteiger partial charge in [0.25, 0.3) is 0 Å². The highest BCUT2D eigenvalue weighted by Gasteiger charge is 2.34. The average Bonchev–Trinajstić information content (AvgIpc) is 2.89. The van der Waals surface area contributed by atoms with Crippen molar-refractivity contribution in [3.8, 4) is 0 Å². The smallest absolute Gasteiger partial charge is 0.407 e. The van der Waals surface area contributed by atoms with Crippen LogP contribution in [-0.4, -0.2) is 46.8 Å². The SMILES string of the molecule is CC[C@H](C)[C@H](Nc1ccccc1)C(=O)NC(=O)[C@@H](C[C@H](O)[C@H](CC1CCCCC1)NC(=O)OC(C)(C)C)C(C)C. The van der Waals surface area contributed by atoms with Crippen molar-refractivity contribution in [3.63, 3.8) is 0 Å². The second kappa shape index (κ2) is 16.0. The minimum atomic E-state index is -0.962. The molecule has 0 bridgehead atoms. The van der Waals surface area contributed by atoms with Crippen LogP contribution in [0.25, 0.3) is 0 Å². The number of anilines is 1. The van der Waals surface area contributed by atoms with Gasteiger partial charge in [0.2, 0.25) is 11.8 Å². The maximum atomic E-state index is 13.4. The highest BCUT2D eigenvalue weighted by molar-refractivity contribution is 6.00. The number of rotatable bonds is 13. The minimum Gasteiger partial charge on any atom is -0.444 e. The molecule has 40 heavy (non-hydrogen) atoms. The lowest BCUT2D eigenvalue weighted by molar-refractivity contribution is -0.135. The first-order valence-corrected chi connectivity index (χ1v) is 15.1. The van der Waals surface area contributed by atoms with E-state index >= 15 is 0 Å². The molecule has 8 nitrogen and oxygen atoms in total. The topological polar surface area (TPSA) is 117 Å². The molecule has 0 unspecified atom stereocenters. The van der Waals surface area contributed by atoms with E-state index in [1.807, 2.05) is 58.0 Å². The van der Waals surface area contributed by atoms with E-state index in [2.05, 4.69) is 16.0 Å². The van der Waals surface area contributed by atoms with Gasteiger partial charge in [0.15, 0.2) is 0 Å². The third-order valence-electron chi connectivity index (χ3n) is 7.95. The summed E-state index contributed by atoms with van der Waals surface area (Å²) in [5, 5.41) is 20.2. The Morgan fingerprint density at radius 2 is 1.62 bits per heavy atom. The molecule has 1 aliphatic rings. The molecule has 1 aliphatic carbocycles. The van der Waals surface area contributed by atoms with Crippen LogP contribution >= 0.6 is 0 Å². The summed E-state index contributed by atoms with van der Waals surface area (Å²) in [6.07, 6.45) is 5.61. The van der Waals surface area contributed by atoms with Crippen molar-refractivity contribution in [2.75, 3.05) is 5.32 Å². The largest absolute Gasteiger partial charge is 0.444 e. The van der Waals surface area contributed by atoms with Crippen LogP contribution in [0.1, 0.15) is 99.8 Å². The van der Waals surface area contributed by atoms with E-state index in [0.717, 1.165) is 37.8 Å². The Hall–Kier alpha value is -2.61. The molecule has 0 saturated heterocycles. The van der Waals surface area contributed by atoms with Crippen LogP contribution in [0.4, 0.5) is 10.5 Å². The zero-order valence-electron chi connectivity index (χ0n) is 25.7. The Kier molecular flexibility index (Phi) is 13.4. The number of ether oxygens (including phenoxy) is 1. The average molecular weight is 560 g/mol. The van der Waals surface area contributed by atoms with E-state index in [1.54, 1.807) is 20.8 Å². The molecule has 1 fully saturated rings. The summed E-state index contributed by atoms with van der Waals surface area (Å²) in [5.41, 5.74) is 0.149. The van der Waals surface area contributed by atoms with E-state index in [9.17, 15) is 19.5 Å². The summed E-state index contributed by atoms with van der Waals surface area (Å²) in [4.78, 5) is 39.4.